The summed E-state index contributed by atoms with van der Waals surface area (Å²) in [5.41, 5.74) is 2.77. The van der Waals surface area contributed by atoms with Gasteiger partial charge in [-0.3, -0.25) is 0 Å². The monoisotopic (exact) mass is 315 g/mol. The van der Waals surface area contributed by atoms with Crippen LogP contribution in [-0.2, 0) is 11.2 Å². The van der Waals surface area contributed by atoms with Crippen molar-refractivity contribution in [3.63, 3.8) is 0 Å². The van der Waals surface area contributed by atoms with Gasteiger partial charge in [-0.25, -0.2) is 4.79 Å². The van der Waals surface area contributed by atoms with Crippen molar-refractivity contribution < 1.29 is 19.2 Å². The van der Waals surface area contributed by atoms with Crippen molar-refractivity contribution in [3.05, 3.63) is 47.0 Å². The van der Waals surface area contributed by atoms with Crippen LogP contribution in [0.5, 0.6) is 5.75 Å². The predicted molar refractivity (Wildman–Crippen MR) is 80.2 cm³/mol. The van der Waals surface area contributed by atoms with Gasteiger partial charge < -0.3 is 14.4 Å². The first-order valence-corrected chi connectivity index (χ1v) is 7.08. The highest BCUT2D eigenvalue weighted by atomic mass is 35.5. The molecular weight excluding hydrogens is 306 g/mol. The Kier molecular flexibility index (Phi) is 2.84. The summed E-state index contributed by atoms with van der Waals surface area (Å²) in [5, 5.41) is 14.4. The summed E-state index contributed by atoms with van der Waals surface area (Å²) in [6, 6.07) is 11.3. The lowest BCUT2D eigenvalue weighted by Gasteiger charge is -2.05. The highest BCUT2D eigenvalue weighted by molar-refractivity contribution is 6.33. The quantitative estimate of drug-likeness (QED) is 0.783. The molecule has 4 rings (SSSR count). The van der Waals surface area contributed by atoms with Crippen LogP contribution in [0.4, 0.5) is 0 Å². The smallest absolute Gasteiger partial charge is 0.345 e. The number of ether oxygens (including phenoxy) is 1. The van der Waals surface area contributed by atoms with E-state index in [2.05, 4.69) is 5.16 Å². The van der Waals surface area contributed by atoms with Crippen molar-refractivity contribution in [2.45, 2.75) is 12.5 Å². The van der Waals surface area contributed by atoms with Crippen molar-refractivity contribution in [1.82, 2.24) is 5.16 Å². The van der Waals surface area contributed by atoms with Crippen molar-refractivity contribution in [3.8, 4) is 17.0 Å². The Balaban J connectivity index is 1.92. The van der Waals surface area contributed by atoms with Gasteiger partial charge in [0, 0.05) is 17.5 Å². The van der Waals surface area contributed by atoms with Gasteiger partial charge in [0.05, 0.1) is 10.4 Å². The van der Waals surface area contributed by atoms with Crippen molar-refractivity contribution in [2.75, 3.05) is 0 Å². The number of nitrogens with zero attached hydrogens (tertiary/aromatic N) is 1. The van der Waals surface area contributed by atoms with Crippen LogP contribution in [0.25, 0.3) is 22.2 Å². The van der Waals surface area contributed by atoms with Gasteiger partial charge in [0.25, 0.3) is 0 Å². The number of benzene rings is 2. The SMILES string of the molecule is O=C(O)C1Cc2c(c(Cl)cc3c(-c4ccccc4)noc23)O1. The Labute approximate surface area is 130 Å². The Morgan fingerprint density at radius 2 is 2.09 bits per heavy atom. The maximum atomic E-state index is 11.1. The van der Waals surface area contributed by atoms with Gasteiger partial charge in [-0.05, 0) is 6.07 Å². The largest absolute Gasteiger partial charge is 0.478 e. The predicted octanol–water partition coefficient (Wildman–Crippen LogP) is 3.54. The lowest BCUT2D eigenvalue weighted by molar-refractivity contribution is -0.144. The van der Waals surface area contributed by atoms with Gasteiger partial charge in [0.1, 0.15) is 11.4 Å². The van der Waals surface area contributed by atoms with Crippen LogP contribution in [-0.4, -0.2) is 22.3 Å². The molecule has 0 aliphatic carbocycles. The Bertz CT molecular complexity index is 888. The maximum Gasteiger partial charge on any atom is 0.345 e. The van der Waals surface area contributed by atoms with Gasteiger partial charge in [0.2, 0.25) is 0 Å². The van der Waals surface area contributed by atoms with E-state index in [-0.39, 0.29) is 6.42 Å². The molecule has 22 heavy (non-hydrogen) atoms. The molecule has 6 heteroatoms. The summed E-state index contributed by atoms with van der Waals surface area (Å²) in [4.78, 5) is 11.1. The Morgan fingerprint density at radius 1 is 1.32 bits per heavy atom. The third-order valence-electron chi connectivity index (χ3n) is 3.74. The van der Waals surface area contributed by atoms with Crippen molar-refractivity contribution in [2.24, 2.45) is 0 Å². The fourth-order valence-corrected chi connectivity index (χ4v) is 2.98. The van der Waals surface area contributed by atoms with Crippen LogP contribution >= 0.6 is 11.6 Å². The minimum atomic E-state index is -1.02. The number of hydrogen-bond donors (Lipinski definition) is 1. The molecule has 1 atom stereocenters. The standard InChI is InChI=1S/C16H10ClNO4/c17-11-6-9-13(8-4-2-1-3-5-8)18-22-14(9)10-7-12(16(19)20)21-15(10)11/h1-6,12H,7H2,(H,19,20). The number of rotatable bonds is 2. The molecule has 0 fully saturated rings. The second-order valence-electron chi connectivity index (χ2n) is 5.09. The number of carboxylic acid groups (broad SMARTS) is 1. The first-order chi connectivity index (χ1) is 10.6. The summed E-state index contributed by atoms with van der Waals surface area (Å²) in [5.74, 6) is -0.652. The molecule has 0 spiro atoms. The van der Waals surface area contributed by atoms with Gasteiger partial charge in [-0.1, -0.05) is 47.1 Å². The van der Waals surface area contributed by atoms with Crippen molar-refractivity contribution >= 4 is 28.5 Å². The lowest BCUT2D eigenvalue weighted by atomic mass is 10.0. The molecule has 0 saturated heterocycles. The Hall–Kier alpha value is -2.53. The normalized spacial score (nSPS) is 16.5. The van der Waals surface area contributed by atoms with E-state index >= 15 is 0 Å². The molecule has 2 heterocycles. The summed E-state index contributed by atoms with van der Waals surface area (Å²) in [7, 11) is 0. The van der Waals surface area contributed by atoms with Gasteiger partial charge >= 0.3 is 5.97 Å². The van der Waals surface area contributed by atoms with Gasteiger partial charge in [-0.15, -0.1) is 0 Å². The molecule has 1 N–H and O–H groups in total. The van der Waals surface area contributed by atoms with Crippen LogP contribution in [0.15, 0.2) is 40.9 Å². The second-order valence-corrected chi connectivity index (χ2v) is 5.50. The number of aromatic nitrogens is 1. The first kappa shape index (κ1) is 13.2. The number of fused-ring (bicyclic) bond motifs is 3. The molecule has 0 radical (unpaired) electrons. The fraction of sp³-hybridized carbons (Fsp3) is 0.125. The van der Waals surface area contributed by atoms with E-state index in [1.165, 1.54) is 0 Å². The Morgan fingerprint density at radius 3 is 2.82 bits per heavy atom. The zero-order chi connectivity index (χ0) is 15.3. The molecule has 0 bridgehead atoms. The zero-order valence-electron chi connectivity index (χ0n) is 11.2. The van der Waals surface area contributed by atoms with E-state index in [1.54, 1.807) is 6.07 Å². The van der Waals surface area contributed by atoms with Gasteiger partial charge in [-0.2, -0.15) is 0 Å². The number of aliphatic carboxylic acids is 1. The lowest BCUT2D eigenvalue weighted by Crippen LogP contribution is -2.24. The third kappa shape index (κ3) is 1.86. The van der Waals surface area contributed by atoms with Crippen LogP contribution in [0.1, 0.15) is 5.56 Å². The zero-order valence-corrected chi connectivity index (χ0v) is 12.0. The van der Waals surface area contributed by atoms with Crippen LogP contribution < -0.4 is 4.74 Å². The average Bonchev–Trinajstić information content (AvgIpc) is 3.12. The number of hydrogen-bond acceptors (Lipinski definition) is 4. The average molecular weight is 316 g/mol. The maximum absolute atomic E-state index is 11.1. The molecule has 1 aromatic heterocycles. The molecule has 1 aliphatic rings. The molecule has 1 aliphatic heterocycles. The molecule has 3 aromatic rings. The molecular formula is C16H10ClNO4. The molecule has 1 unspecified atom stereocenters. The third-order valence-corrected chi connectivity index (χ3v) is 4.02. The molecule has 5 nitrogen and oxygen atoms in total. The summed E-state index contributed by atoms with van der Waals surface area (Å²) in [6.07, 6.45) is -0.728. The number of carbonyl (C=O) groups is 1. The minimum Gasteiger partial charge on any atom is -0.478 e. The minimum absolute atomic E-state index is 0.213. The summed E-state index contributed by atoms with van der Waals surface area (Å²) < 4.78 is 10.9. The van der Waals surface area contributed by atoms with E-state index in [0.717, 1.165) is 10.9 Å². The molecule has 0 saturated carbocycles. The summed E-state index contributed by atoms with van der Waals surface area (Å²) in [6.45, 7) is 0. The topological polar surface area (TPSA) is 72.6 Å². The van der Waals surface area contributed by atoms with E-state index in [4.69, 9.17) is 26.0 Å². The first-order valence-electron chi connectivity index (χ1n) is 6.71. The van der Waals surface area contributed by atoms with Crippen LogP contribution in [0, 0.1) is 0 Å². The van der Waals surface area contributed by atoms with E-state index < -0.39 is 12.1 Å². The number of carboxylic acids is 1. The number of halogens is 1. The molecule has 110 valence electrons. The van der Waals surface area contributed by atoms with E-state index in [1.807, 2.05) is 30.3 Å². The van der Waals surface area contributed by atoms with Crippen molar-refractivity contribution in [1.29, 1.82) is 0 Å². The highest BCUT2D eigenvalue weighted by Gasteiger charge is 2.34. The summed E-state index contributed by atoms with van der Waals surface area (Å²) >= 11 is 6.25. The van der Waals surface area contributed by atoms with Crippen LogP contribution in [0.2, 0.25) is 5.02 Å². The second kappa shape index (κ2) is 4.74. The van der Waals surface area contributed by atoms with Gasteiger partial charge in [0.15, 0.2) is 11.7 Å². The molecule has 0 amide bonds. The highest BCUT2D eigenvalue weighted by Crippen LogP contribution is 2.43. The molecule has 2 aromatic carbocycles. The van der Waals surface area contributed by atoms with E-state index in [9.17, 15) is 4.79 Å². The van der Waals surface area contributed by atoms with Crippen LogP contribution in [0.3, 0.4) is 0 Å². The van der Waals surface area contributed by atoms with E-state index in [0.29, 0.717) is 27.6 Å². The fourth-order valence-electron chi connectivity index (χ4n) is 2.71.